The fourth-order valence-electron chi connectivity index (χ4n) is 4.40. The number of fused-ring (bicyclic) bond motifs is 1. The van der Waals surface area contributed by atoms with Gasteiger partial charge in [-0.3, -0.25) is 4.79 Å². The van der Waals surface area contributed by atoms with Crippen molar-refractivity contribution in [1.29, 1.82) is 0 Å². The van der Waals surface area contributed by atoms with Crippen molar-refractivity contribution in [3.8, 4) is 0 Å². The highest BCUT2D eigenvalue weighted by molar-refractivity contribution is 7.89. The number of sulfonamides is 1. The first-order chi connectivity index (χ1) is 12.9. The predicted molar refractivity (Wildman–Crippen MR) is 112 cm³/mol. The summed E-state index contributed by atoms with van der Waals surface area (Å²) in [4.78, 5) is 11.4. The molecule has 2 aromatic carbocycles. The molecule has 0 aliphatic carbocycles. The van der Waals surface area contributed by atoms with E-state index in [1.807, 2.05) is 32.0 Å². The van der Waals surface area contributed by atoms with Gasteiger partial charge < -0.3 is 5.32 Å². The number of carbonyl (C=O) groups excluding carboxylic acids is 1. The second-order valence-corrected chi connectivity index (χ2v) is 10.6. The number of hydrogen-bond acceptors (Lipinski definition) is 3. The van der Waals surface area contributed by atoms with Crippen molar-refractivity contribution in [2.24, 2.45) is 0 Å². The molecule has 0 spiro atoms. The highest BCUT2D eigenvalue weighted by atomic mass is 32.2. The Morgan fingerprint density at radius 3 is 2.21 bits per heavy atom. The van der Waals surface area contributed by atoms with Crippen molar-refractivity contribution in [3.63, 3.8) is 0 Å². The lowest BCUT2D eigenvalue weighted by molar-refractivity contribution is -0.114. The lowest BCUT2D eigenvalue weighted by Crippen LogP contribution is -2.48. The van der Waals surface area contributed by atoms with Gasteiger partial charge in [0.2, 0.25) is 15.9 Å². The number of anilines is 1. The van der Waals surface area contributed by atoms with Crippen LogP contribution in [0.5, 0.6) is 0 Å². The fourth-order valence-corrected chi connectivity index (χ4v) is 6.16. The minimum absolute atomic E-state index is 0.139. The van der Waals surface area contributed by atoms with E-state index in [2.05, 4.69) is 25.2 Å². The molecule has 28 heavy (non-hydrogen) atoms. The molecule has 0 radical (unpaired) electrons. The molecule has 0 fully saturated rings. The summed E-state index contributed by atoms with van der Waals surface area (Å²) in [6.45, 7) is 10.1. The first-order valence-corrected chi connectivity index (χ1v) is 10.9. The van der Waals surface area contributed by atoms with Crippen molar-refractivity contribution in [2.45, 2.75) is 63.4 Å². The summed E-state index contributed by atoms with van der Waals surface area (Å²) < 4.78 is 28.7. The molecule has 6 heteroatoms. The number of hydrogen-bond donors (Lipinski definition) is 1. The summed E-state index contributed by atoms with van der Waals surface area (Å²) in [5.74, 6) is -0.192. The quantitative estimate of drug-likeness (QED) is 0.835. The summed E-state index contributed by atoms with van der Waals surface area (Å²) in [5.41, 5.74) is 2.11. The van der Waals surface area contributed by atoms with E-state index in [1.165, 1.54) is 12.5 Å². The van der Waals surface area contributed by atoms with E-state index in [9.17, 15) is 13.2 Å². The van der Waals surface area contributed by atoms with Crippen LogP contribution in [0.15, 0.2) is 53.4 Å². The normalized spacial score (nSPS) is 18.8. The van der Waals surface area contributed by atoms with Crippen LogP contribution in [0.4, 0.5) is 5.69 Å². The van der Waals surface area contributed by atoms with E-state index in [-0.39, 0.29) is 16.2 Å². The molecule has 1 aliphatic rings. The molecule has 0 aromatic heterocycles. The SMILES string of the molecule is CC(=O)Nc1ccc(S(=O)(=O)N2Cc3ccccc3C(C)(C)CC2(C)C)cc1. The van der Waals surface area contributed by atoms with Gasteiger partial charge in [0.1, 0.15) is 0 Å². The van der Waals surface area contributed by atoms with E-state index in [1.54, 1.807) is 28.6 Å². The molecule has 5 nitrogen and oxygen atoms in total. The monoisotopic (exact) mass is 400 g/mol. The molecule has 0 saturated carbocycles. The second kappa shape index (κ2) is 7.01. The van der Waals surface area contributed by atoms with Crippen molar-refractivity contribution >= 4 is 21.6 Å². The Balaban J connectivity index is 2.04. The summed E-state index contributed by atoms with van der Waals surface area (Å²) >= 11 is 0. The van der Waals surface area contributed by atoms with Crippen LogP contribution in [-0.2, 0) is 26.8 Å². The average Bonchev–Trinajstić information content (AvgIpc) is 2.66. The van der Waals surface area contributed by atoms with Crippen molar-refractivity contribution in [3.05, 3.63) is 59.7 Å². The molecule has 3 rings (SSSR count). The van der Waals surface area contributed by atoms with Crippen molar-refractivity contribution < 1.29 is 13.2 Å². The van der Waals surface area contributed by atoms with Gasteiger partial charge in [-0.25, -0.2) is 8.42 Å². The molecule has 1 amide bonds. The first kappa shape index (κ1) is 20.6. The highest BCUT2D eigenvalue weighted by Crippen LogP contribution is 2.43. The number of rotatable bonds is 3. The summed E-state index contributed by atoms with van der Waals surface area (Å²) in [6.07, 6.45) is 0.709. The molecular formula is C22H28N2O3S. The smallest absolute Gasteiger partial charge is 0.243 e. The molecule has 1 aliphatic heterocycles. The molecule has 150 valence electrons. The maximum Gasteiger partial charge on any atom is 0.243 e. The van der Waals surface area contributed by atoms with Crippen LogP contribution in [0.3, 0.4) is 0 Å². The van der Waals surface area contributed by atoms with Crippen molar-refractivity contribution in [2.75, 3.05) is 5.32 Å². The van der Waals surface area contributed by atoms with E-state index < -0.39 is 15.6 Å². The minimum Gasteiger partial charge on any atom is -0.326 e. The maximum atomic E-state index is 13.5. The number of amides is 1. The lowest BCUT2D eigenvalue weighted by atomic mass is 9.75. The first-order valence-electron chi connectivity index (χ1n) is 9.42. The Bertz CT molecular complexity index is 993. The topological polar surface area (TPSA) is 66.5 Å². The maximum absolute atomic E-state index is 13.5. The zero-order valence-electron chi connectivity index (χ0n) is 17.1. The van der Waals surface area contributed by atoms with Crippen LogP contribution in [0, 0.1) is 0 Å². The Morgan fingerprint density at radius 2 is 1.61 bits per heavy atom. The predicted octanol–water partition coefficient (Wildman–Crippen LogP) is 4.30. The zero-order chi connectivity index (χ0) is 20.7. The van der Waals surface area contributed by atoms with E-state index in [0.717, 1.165) is 5.56 Å². The van der Waals surface area contributed by atoms with Crippen LogP contribution in [0.25, 0.3) is 0 Å². The Morgan fingerprint density at radius 1 is 1.00 bits per heavy atom. The number of nitrogens with one attached hydrogen (secondary N) is 1. The van der Waals surface area contributed by atoms with Crippen LogP contribution in [0.2, 0.25) is 0 Å². The Kier molecular flexibility index (Phi) is 5.15. The van der Waals surface area contributed by atoms with E-state index in [4.69, 9.17) is 0 Å². The second-order valence-electron chi connectivity index (χ2n) is 8.75. The van der Waals surface area contributed by atoms with Gasteiger partial charge in [-0.2, -0.15) is 4.31 Å². The third-order valence-electron chi connectivity index (χ3n) is 5.37. The van der Waals surface area contributed by atoms with Crippen LogP contribution in [-0.4, -0.2) is 24.2 Å². The van der Waals surface area contributed by atoms with Gasteiger partial charge in [-0.05, 0) is 61.1 Å². The van der Waals surface area contributed by atoms with E-state index >= 15 is 0 Å². The van der Waals surface area contributed by atoms with Gasteiger partial charge in [0.25, 0.3) is 0 Å². The molecular weight excluding hydrogens is 372 g/mol. The standard InChI is InChI=1S/C22H28N2O3S/c1-16(25)23-18-10-12-19(13-11-18)28(26,27)24-14-17-8-6-7-9-20(17)21(2,3)15-22(24,4)5/h6-13H,14-15H2,1-5H3,(H,23,25). The van der Waals surface area contributed by atoms with Gasteiger partial charge in [0, 0.05) is 24.7 Å². The van der Waals surface area contributed by atoms with Gasteiger partial charge in [0.15, 0.2) is 0 Å². The van der Waals surface area contributed by atoms with Crippen molar-refractivity contribution in [1.82, 2.24) is 4.31 Å². The van der Waals surface area contributed by atoms with Crippen LogP contribution in [0.1, 0.15) is 52.2 Å². The van der Waals surface area contributed by atoms with Gasteiger partial charge in [-0.15, -0.1) is 0 Å². The third kappa shape index (κ3) is 3.84. The molecule has 0 unspecified atom stereocenters. The number of nitrogens with zero attached hydrogens (tertiary/aromatic N) is 1. The molecule has 1 heterocycles. The molecule has 0 saturated heterocycles. The van der Waals surface area contributed by atoms with Gasteiger partial charge in [0.05, 0.1) is 4.90 Å². The molecule has 1 N–H and O–H groups in total. The van der Waals surface area contributed by atoms with Crippen LogP contribution >= 0.6 is 0 Å². The molecule has 0 bridgehead atoms. The van der Waals surface area contributed by atoms with Gasteiger partial charge >= 0.3 is 0 Å². The number of carbonyl (C=O) groups is 1. The molecule has 0 atom stereocenters. The summed E-state index contributed by atoms with van der Waals surface area (Å²) in [5, 5.41) is 2.67. The van der Waals surface area contributed by atoms with Crippen LogP contribution < -0.4 is 5.32 Å². The fraction of sp³-hybridized carbons (Fsp3) is 0.409. The minimum atomic E-state index is -3.71. The lowest BCUT2D eigenvalue weighted by Gasteiger charge is -2.39. The summed E-state index contributed by atoms with van der Waals surface area (Å²) in [6, 6.07) is 14.4. The van der Waals surface area contributed by atoms with Gasteiger partial charge in [-0.1, -0.05) is 38.1 Å². The number of benzene rings is 2. The Hall–Kier alpha value is -2.18. The highest BCUT2D eigenvalue weighted by Gasteiger charge is 2.44. The van der Waals surface area contributed by atoms with E-state index in [0.29, 0.717) is 18.7 Å². The third-order valence-corrected chi connectivity index (χ3v) is 7.44. The summed E-state index contributed by atoms with van der Waals surface area (Å²) in [7, 11) is -3.71. The average molecular weight is 401 g/mol. The molecule has 2 aromatic rings. The largest absolute Gasteiger partial charge is 0.326 e. The zero-order valence-corrected chi connectivity index (χ0v) is 17.9. The Labute approximate surface area is 167 Å².